The number of likely N-dealkylation sites (tertiary alicyclic amines) is 1. The molecule has 0 bridgehead atoms. The summed E-state index contributed by atoms with van der Waals surface area (Å²) in [5, 5.41) is 10.1. The molecule has 0 aromatic rings. The lowest BCUT2D eigenvalue weighted by molar-refractivity contribution is -0.164. The summed E-state index contributed by atoms with van der Waals surface area (Å²) in [5.41, 5.74) is 4.82. The number of hydrogen-bond acceptors (Lipinski definition) is 3. The van der Waals surface area contributed by atoms with Crippen molar-refractivity contribution in [3.8, 4) is 0 Å². The molecule has 3 rings (SSSR count). The predicted molar refractivity (Wildman–Crippen MR) is 55.0 cm³/mol. The largest absolute Gasteiger partial charge is 0.386 e. The highest BCUT2D eigenvalue weighted by atomic mass is 16.3. The molecule has 0 aromatic heterocycles. The Balaban J connectivity index is 1.60. The highest BCUT2D eigenvalue weighted by Gasteiger charge is 2.58. The lowest BCUT2D eigenvalue weighted by Gasteiger charge is -2.48. The van der Waals surface area contributed by atoms with Crippen LogP contribution in [0.4, 0.5) is 0 Å². The molecule has 0 atom stereocenters. The van der Waals surface area contributed by atoms with E-state index in [0.717, 1.165) is 25.7 Å². The molecule has 0 aromatic carbocycles. The van der Waals surface area contributed by atoms with E-state index < -0.39 is 5.60 Å². The maximum Gasteiger partial charge on any atom is 0.230 e. The van der Waals surface area contributed by atoms with Gasteiger partial charge in [0.05, 0.1) is 18.5 Å². The van der Waals surface area contributed by atoms with Crippen LogP contribution in [0.1, 0.15) is 25.7 Å². The van der Waals surface area contributed by atoms with Crippen LogP contribution in [-0.4, -0.2) is 41.1 Å². The van der Waals surface area contributed by atoms with E-state index in [1.54, 1.807) is 4.90 Å². The molecule has 3 fully saturated rings. The average molecular weight is 210 g/mol. The molecule has 1 aliphatic heterocycles. The number of hydrogen-bond donors (Lipinski definition) is 2. The van der Waals surface area contributed by atoms with Gasteiger partial charge < -0.3 is 15.7 Å². The fourth-order valence-electron chi connectivity index (χ4n) is 2.63. The minimum atomic E-state index is -0.555. The van der Waals surface area contributed by atoms with Crippen molar-refractivity contribution in [2.24, 2.45) is 17.1 Å². The average Bonchev–Trinajstić information content (AvgIpc) is 3.03. The van der Waals surface area contributed by atoms with Crippen LogP contribution < -0.4 is 5.73 Å². The molecule has 3 aliphatic rings. The number of aliphatic hydroxyl groups is 1. The van der Waals surface area contributed by atoms with Gasteiger partial charge in [0.15, 0.2) is 0 Å². The molecule has 3 N–H and O–H groups in total. The van der Waals surface area contributed by atoms with Gasteiger partial charge in [-0.15, -0.1) is 0 Å². The van der Waals surface area contributed by atoms with Crippen LogP contribution in [0.2, 0.25) is 0 Å². The number of amides is 1. The van der Waals surface area contributed by atoms with Crippen LogP contribution in [0.25, 0.3) is 0 Å². The third-order valence-corrected chi connectivity index (χ3v) is 4.25. The molecule has 1 amide bonds. The van der Waals surface area contributed by atoms with Crippen molar-refractivity contribution in [1.82, 2.24) is 4.90 Å². The molecular weight excluding hydrogens is 192 g/mol. The van der Waals surface area contributed by atoms with Crippen molar-refractivity contribution < 1.29 is 9.90 Å². The van der Waals surface area contributed by atoms with Gasteiger partial charge in [-0.05, 0) is 31.6 Å². The molecule has 0 radical (unpaired) electrons. The van der Waals surface area contributed by atoms with E-state index in [1.807, 2.05) is 0 Å². The highest BCUT2D eigenvalue weighted by Crippen LogP contribution is 2.50. The molecule has 1 heterocycles. The normalized spacial score (nSPS) is 30.9. The second-order valence-electron chi connectivity index (χ2n) is 5.52. The first kappa shape index (κ1) is 9.60. The smallest absolute Gasteiger partial charge is 0.230 e. The van der Waals surface area contributed by atoms with Crippen LogP contribution in [-0.2, 0) is 4.79 Å². The monoisotopic (exact) mass is 210 g/mol. The van der Waals surface area contributed by atoms with Gasteiger partial charge in [-0.1, -0.05) is 0 Å². The quantitative estimate of drug-likeness (QED) is 0.672. The maximum absolute atomic E-state index is 12.0. The maximum atomic E-state index is 12.0. The zero-order valence-electron chi connectivity index (χ0n) is 8.91. The predicted octanol–water partition coefficient (Wildman–Crippen LogP) is -0.291. The molecule has 4 heteroatoms. The molecule has 0 unspecified atom stereocenters. The van der Waals surface area contributed by atoms with Gasteiger partial charge >= 0.3 is 0 Å². The zero-order valence-corrected chi connectivity index (χ0v) is 8.91. The van der Waals surface area contributed by atoms with Gasteiger partial charge in [0, 0.05) is 6.54 Å². The van der Waals surface area contributed by atoms with Crippen molar-refractivity contribution >= 4 is 5.91 Å². The summed E-state index contributed by atoms with van der Waals surface area (Å²) >= 11 is 0. The van der Waals surface area contributed by atoms with Gasteiger partial charge in [-0.25, -0.2) is 0 Å². The zero-order chi connectivity index (χ0) is 10.7. The Morgan fingerprint density at radius 2 is 2.00 bits per heavy atom. The van der Waals surface area contributed by atoms with Gasteiger partial charge in [-0.3, -0.25) is 4.79 Å². The number of carbonyl (C=O) groups excluding carboxylic acids is 1. The van der Waals surface area contributed by atoms with Crippen LogP contribution in [0, 0.1) is 11.3 Å². The van der Waals surface area contributed by atoms with E-state index in [0.29, 0.717) is 25.6 Å². The number of rotatable bonds is 3. The third kappa shape index (κ3) is 1.31. The molecule has 4 nitrogen and oxygen atoms in total. The molecule has 0 spiro atoms. The topological polar surface area (TPSA) is 66.6 Å². The summed E-state index contributed by atoms with van der Waals surface area (Å²) in [6.07, 6.45) is 4.11. The van der Waals surface area contributed by atoms with E-state index in [9.17, 15) is 9.90 Å². The molecule has 84 valence electrons. The van der Waals surface area contributed by atoms with Gasteiger partial charge in [-0.2, -0.15) is 0 Å². The molecule has 1 saturated heterocycles. The summed E-state index contributed by atoms with van der Waals surface area (Å²) in [4.78, 5) is 13.8. The van der Waals surface area contributed by atoms with Gasteiger partial charge in [0.2, 0.25) is 5.91 Å². The van der Waals surface area contributed by atoms with Crippen molar-refractivity contribution in [2.75, 3.05) is 19.6 Å². The summed E-state index contributed by atoms with van der Waals surface area (Å²) in [7, 11) is 0. The first-order valence-corrected chi connectivity index (χ1v) is 5.81. The lowest BCUT2D eigenvalue weighted by atomic mass is 9.87. The number of nitrogens with two attached hydrogens (primary N) is 1. The van der Waals surface area contributed by atoms with Crippen molar-refractivity contribution in [2.45, 2.75) is 31.3 Å². The third-order valence-electron chi connectivity index (χ3n) is 4.25. The summed E-state index contributed by atoms with van der Waals surface area (Å²) in [5.74, 6) is 0.630. The Kier molecular flexibility index (Phi) is 1.75. The first-order chi connectivity index (χ1) is 7.10. The molecule has 15 heavy (non-hydrogen) atoms. The van der Waals surface area contributed by atoms with E-state index >= 15 is 0 Å². The standard InChI is InChI=1S/C11H18N2O2/c12-5-10(3-4-10)9(14)13-6-11(15,7-13)8-1-2-8/h8,15H,1-7,12H2. The van der Waals surface area contributed by atoms with E-state index in [4.69, 9.17) is 5.73 Å². The van der Waals surface area contributed by atoms with Crippen LogP contribution in [0.15, 0.2) is 0 Å². The Bertz CT molecular complexity index is 302. The molecule has 2 saturated carbocycles. The number of β-amino-alcohol motifs (C(OH)–C–C–N with tert-alkyl or cyclic N) is 1. The van der Waals surface area contributed by atoms with E-state index in [-0.39, 0.29) is 11.3 Å². The van der Waals surface area contributed by atoms with E-state index in [1.165, 1.54) is 0 Å². The van der Waals surface area contributed by atoms with Crippen LogP contribution >= 0.6 is 0 Å². The lowest BCUT2D eigenvalue weighted by Crippen LogP contribution is -2.66. The molecular formula is C11H18N2O2. The van der Waals surface area contributed by atoms with Crippen molar-refractivity contribution in [3.63, 3.8) is 0 Å². The fraction of sp³-hybridized carbons (Fsp3) is 0.909. The van der Waals surface area contributed by atoms with Crippen LogP contribution in [0.5, 0.6) is 0 Å². The number of nitrogens with zero attached hydrogens (tertiary/aromatic N) is 1. The second-order valence-corrected chi connectivity index (χ2v) is 5.52. The Labute approximate surface area is 89.4 Å². The SMILES string of the molecule is NCC1(C(=O)N2CC(O)(C3CC3)C2)CC1. The Morgan fingerprint density at radius 1 is 1.40 bits per heavy atom. The Hall–Kier alpha value is -0.610. The summed E-state index contributed by atoms with van der Waals surface area (Å²) < 4.78 is 0. The minimum absolute atomic E-state index is 0.176. The summed E-state index contributed by atoms with van der Waals surface area (Å²) in [6, 6.07) is 0. The van der Waals surface area contributed by atoms with Gasteiger partial charge in [0.25, 0.3) is 0 Å². The minimum Gasteiger partial charge on any atom is -0.386 e. The number of carbonyl (C=O) groups is 1. The fourth-order valence-corrected chi connectivity index (χ4v) is 2.63. The second kappa shape index (κ2) is 2.74. The summed E-state index contributed by atoms with van der Waals surface area (Å²) in [6.45, 7) is 1.54. The van der Waals surface area contributed by atoms with Crippen molar-refractivity contribution in [3.05, 3.63) is 0 Å². The molecule has 2 aliphatic carbocycles. The highest BCUT2D eigenvalue weighted by molar-refractivity contribution is 5.86. The first-order valence-electron chi connectivity index (χ1n) is 5.81. The van der Waals surface area contributed by atoms with Gasteiger partial charge in [0.1, 0.15) is 5.60 Å². The van der Waals surface area contributed by atoms with Crippen molar-refractivity contribution in [1.29, 1.82) is 0 Å². The van der Waals surface area contributed by atoms with Crippen LogP contribution in [0.3, 0.4) is 0 Å². The van der Waals surface area contributed by atoms with E-state index in [2.05, 4.69) is 0 Å². The Morgan fingerprint density at radius 3 is 2.40 bits per heavy atom.